The molecule has 7 aromatic rings. The summed E-state index contributed by atoms with van der Waals surface area (Å²) in [5.74, 6) is 0. The molecule has 5 nitrogen and oxygen atoms in total. The van der Waals surface area contributed by atoms with Crippen LogP contribution in [0.2, 0.25) is 0 Å². The van der Waals surface area contributed by atoms with Gasteiger partial charge in [0.05, 0.1) is 46.5 Å². The summed E-state index contributed by atoms with van der Waals surface area (Å²) in [4.78, 5) is 0. The van der Waals surface area contributed by atoms with Crippen molar-refractivity contribution in [2.24, 2.45) is 0 Å². The average Bonchev–Trinajstić information content (AvgIpc) is 3.16. The Morgan fingerprint density at radius 3 is 1.17 bits per heavy atom. The van der Waals surface area contributed by atoms with Gasteiger partial charge in [-0.15, -0.1) is 0 Å². The molecule has 0 saturated heterocycles. The molecule has 0 saturated carbocycles. The molecule has 0 aliphatic rings. The Bertz CT molecular complexity index is 2490. The molecular weight excluding hydrogens is 607 g/mol. The molecule has 0 radical (unpaired) electrons. The number of nitriles is 4. The fourth-order valence-corrected chi connectivity index (χ4v) is 9.26. The minimum Gasteiger partial charge on any atom is -0.309 e. The number of benzene rings is 7. The van der Waals surface area contributed by atoms with Crippen LogP contribution in [0.3, 0.4) is 0 Å². The normalized spacial score (nSPS) is 10.9. The van der Waals surface area contributed by atoms with Gasteiger partial charge in [-0.1, -0.05) is 97.1 Å². The predicted molar refractivity (Wildman–Crippen MR) is 191 cm³/mol. The lowest BCUT2D eigenvalue weighted by Gasteiger charge is -2.23. The van der Waals surface area contributed by atoms with E-state index in [-0.39, 0.29) is 32.9 Å². The summed E-state index contributed by atoms with van der Waals surface area (Å²) in [6.07, 6.45) is 0. The zero-order valence-corrected chi connectivity index (χ0v) is 26.3. The molecule has 0 aromatic heterocycles. The van der Waals surface area contributed by atoms with Gasteiger partial charge in [0.15, 0.2) is 7.14 Å². The summed E-state index contributed by atoms with van der Waals surface area (Å²) in [5.41, 5.74) is 4.78. The number of rotatable bonds is 5. The van der Waals surface area contributed by atoms with E-state index >= 15 is 4.57 Å². The lowest BCUT2D eigenvalue weighted by molar-refractivity contribution is 0.592. The molecule has 0 fully saturated rings. The zero-order chi connectivity index (χ0) is 33.3. The van der Waals surface area contributed by atoms with Gasteiger partial charge in [0.25, 0.3) is 0 Å². The highest BCUT2D eigenvalue weighted by atomic mass is 31.2. The van der Waals surface area contributed by atoms with Crippen LogP contribution in [0.4, 0.5) is 0 Å². The third-order valence-corrected chi connectivity index (χ3v) is 11.6. The van der Waals surface area contributed by atoms with Gasteiger partial charge in [0.1, 0.15) is 0 Å². The zero-order valence-electron chi connectivity index (χ0n) is 25.4. The van der Waals surface area contributed by atoms with Gasteiger partial charge in [-0.3, -0.25) is 0 Å². The minimum atomic E-state index is -3.90. The molecule has 222 valence electrons. The molecule has 6 heteroatoms. The fraction of sp³-hybridized carbons (Fsp3) is 0. The highest BCUT2D eigenvalue weighted by molar-refractivity contribution is 7.85. The Labute approximate surface area is 277 Å². The summed E-state index contributed by atoms with van der Waals surface area (Å²) >= 11 is 0. The quantitative estimate of drug-likeness (QED) is 0.140. The Hall–Kier alpha value is -6.75. The van der Waals surface area contributed by atoms with Crippen LogP contribution in [-0.4, -0.2) is 0 Å². The van der Waals surface area contributed by atoms with Crippen LogP contribution in [0, 0.1) is 45.3 Å². The molecule has 0 atom stereocenters. The molecule has 0 amide bonds. The standard InChI is InChI=1S/C42H23N4OP/c43-24-28-17-29(25-44)20-35(19-28)48(47,36-21-30(26-45)18-31(22-36)27-46)34-15-16-39-40(23-34)42(33-11-5-2-6-12-33)38-14-8-7-13-37(38)41(39)32-9-3-1-4-10-32/h1-23H. The van der Waals surface area contributed by atoms with Crippen LogP contribution in [0.1, 0.15) is 22.3 Å². The lowest BCUT2D eigenvalue weighted by Crippen LogP contribution is -2.26. The van der Waals surface area contributed by atoms with Gasteiger partial charge in [-0.2, -0.15) is 21.0 Å². The first-order chi connectivity index (χ1) is 23.5. The van der Waals surface area contributed by atoms with Crippen molar-refractivity contribution >= 4 is 44.6 Å². The van der Waals surface area contributed by atoms with Crippen molar-refractivity contribution in [1.82, 2.24) is 0 Å². The van der Waals surface area contributed by atoms with Gasteiger partial charge >= 0.3 is 0 Å². The highest BCUT2D eigenvalue weighted by Crippen LogP contribution is 2.48. The van der Waals surface area contributed by atoms with Crippen molar-refractivity contribution in [2.75, 3.05) is 0 Å². The van der Waals surface area contributed by atoms with Crippen molar-refractivity contribution in [3.05, 3.63) is 162 Å². The van der Waals surface area contributed by atoms with E-state index in [0.717, 1.165) is 43.8 Å². The van der Waals surface area contributed by atoms with Crippen LogP contribution in [-0.2, 0) is 4.57 Å². The van der Waals surface area contributed by atoms with Gasteiger partial charge in [-0.25, -0.2) is 0 Å². The van der Waals surface area contributed by atoms with Crippen molar-refractivity contribution in [1.29, 1.82) is 21.0 Å². The van der Waals surface area contributed by atoms with E-state index in [0.29, 0.717) is 5.30 Å². The predicted octanol–water partition coefficient (Wildman–Crippen LogP) is 8.45. The number of hydrogen-bond donors (Lipinski definition) is 0. The largest absolute Gasteiger partial charge is 0.309 e. The fourth-order valence-electron chi connectivity index (χ4n) is 6.49. The van der Waals surface area contributed by atoms with Crippen LogP contribution in [0.15, 0.2) is 140 Å². The topological polar surface area (TPSA) is 112 Å². The molecule has 0 spiro atoms. The Balaban J connectivity index is 1.66. The third-order valence-electron chi connectivity index (χ3n) is 8.58. The van der Waals surface area contributed by atoms with Crippen molar-refractivity contribution < 1.29 is 4.57 Å². The first kappa shape index (κ1) is 29.9. The van der Waals surface area contributed by atoms with Gasteiger partial charge < -0.3 is 4.57 Å². The first-order valence-electron chi connectivity index (χ1n) is 15.1. The Morgan fingerprint density at radius 2 is 0.750 bits per heavy atom. The molecule has 0 aliphatic carbocycles. The molecule has 0 unspecified atom stereocenters. The van der Waals surface area contributed by atoms with E-state index in [1.165, 1.54) is 36.4 Å². The minimum absolute atomic E-state index is 0.185. The van der Waals surface area contributed by atoms with E-state index in [4.69, 9.17) is 0 Å². The summed E-state index contributed by atoms with van der Waals surface area (Å²) in [7, 11) is -3.90. The maximum atomic E-state index is 16.0. The number of nitrogens with zero attached hydrogens (tertiary/aromatic N) is 4. The third kappa shape index (κ3) is 4.99. The molecular formula is C42H23N4OP. The number of fused-ring (bicyclic) bond motifs is 2. The summed E-state index contributed by atoms with van der Waals surface area (Å²) in [6, 6.07) is 51.6. The Morgan fingerprint density at radius 1 is 0.375 bits per heavy atom. The second kappa shape index (κ2) is 12.2. The highest BCUT2D eigenvalue weighted by Gasteiger charge is 2.33. The molecule has 48 heavy (non-hydrogen) atoms. The van der Waals surface area contributed by atoms with Crippen LogP contribution in [0.5, 0.6) is 0 Å². The van der Waals surface area contributed by atoms with E-state index in [1.807, 2.05) is 66.7 Å². The maximum absolute atomic E-state index is 16.0. The van der Waals surface area contributed by atoms with E-state index in [2.05, 4.69) is 60.7 Å². The monoisotopic (exact) mass is 630 g/mol. The average molecular weight is 631 g/mol. The van der Waals surface area contributed by atoms with E-state index < -0.39 is 7.14 Å². The van der Waals surface area contributed by atoms with Gasteiger partial charge in [0.2, 0.25) is 0 Å². The Kier molecular flexibility index (Phi) is 7.62. The molecule has 7 rings (SSSR count). The maximum Gasteiger partial charge on any atom is 0.171 e. The second-order valence-electron chi connectivity index (χ2n) is 11.4. The SMILES string of the molecule is N#Cc1cc(C#N)cc(P(=O)(c2cc(C#N)cc(C#N)c2)c2ccc3c(-c4ccccc4)c4ccccc4c(-c4ccccc4)c3c2)c1. The summed E-state index contributed by atoms with van der Waals surface area (Å²) < 4.78 is 16.0. The van der Waals surface area contributed by atoms with Crippen LogP contribution >= 0.6 is 7.14 Å². The molecule has 0 aliphatic heterocycles. The van der Waals surface area contributed by atoms with Crippen LogP contribution in [0.25, 0.3) is 43.8 Å². The van der Waals surface area contributed by atoms with Gasteiger partial charge in [-0.05, 0) is 86.3 Å². The van der Waals surface area contributed by atoms with Gasteiger partial charge in [0, 0.05) is 15.9 Å². The summed E-state index contributed by atoms with van der Waals surface area (Å²) in [5, 5.41) is 44.3. The molecule has 0 bridgehead atoms. The molecule has 0 heterocycles. The van der Waals surface area contributed by atoms with Crippen molar-refractivity contribution in [3.63, 3.8) is 0 Å². The molecule has 0 N–H and O–H groups in total. The van der Waals surface area contributed by atoms with Crippen LogP contribution < -0.4 is 15.9 Å². The molecule has 7 aromatic carbocycles. The lowest BCUT2D eigenvalue weighted by atomic mass is 9.86. The summed E-state index contributed by atoms with van der Waals surface area (Å²) in [6.45, 7) is 0. The van der Waals surface area contributed by atoms with Crippen molar-refractivity contribution in [2.45, 2.75) is 0 Å². The van der Waals surface area contributed by atoms with E-state index in [9.17, 15) is 21.0 Å². The second-order valence-corrected chi connectivity index (χ2v) is 14.1. The first-order valence-corrected chi connectivity index (χ1v) is 16.8. The number of hydrogen-bond acceptors (Lipinski definition) is 5. The smallest absolute Gasteiger partial charge is 0.171 e. The van der Waals surface area contributed by atoms with Crippen molar-refractivity contribution in [3.8, 4) is 46.5 Å². The van der Waals surface area contributed by atoms with E-state index in [1.54, 1.807) is 0 Å².